The van der Waals surface area contributed by atoms with Crippen LogP contribution in [0.1, 0.15) is 64.1 Å². The number of piperazine rings is 1. The second kappa shape index (κ2) is 10.7. The normalized spacial score (nSPS) is 25.0. The molecule has 3 aliphatic rings. The van der Waals surface area contributed by atoms with Crippen LogP contribution in [0.5, 0.6) is 0 Å². The first-order chi connectivity index (χ1) is 18.2. The number of rotatable bonds is 6. The van der Waals surface area contributed by atoms with Gasteiger partial charge in [0.1, 0.15) is 17.7 Å². The zero-order valence-electron chi connectivity index (χ0n) is 22.5. The number of benzene rings is 1. The lowest BCUT2D eigenvalue weighted by Crippen LogP contribution is -2.59. The summed E-state index contributed by atoms with van der Waals surface area (Å²) in [7, 11) is 0. The Morgan fingerprint density at radius 1 is 1.26 bits per heavy atom. The topological polar surface area (TPSA) is 106 Å². The van der Waals surface area contributed by atoms with Crippen LogP contribution in [0.25, 0.3) is 0 Å². The molecule has 3 heterocycles. The Hall–Kier alpha value is -3.33. The molecule has 1 aromatic carbocycles. The molecule has 1 unspecified atom stereocenters. The Labute approximate surface area is 225 Å². The van der Waals surface area contributed by atoms with Gasteiger partial charge >= 0.3 is 12.3 Å². The lowest BCUT2D eigenvalue weighted by Gasteiger charge is -2.39. The summed E-state index contributed by atoms with van der Waals surface area (Å²) < 4.78 is 45.1. The van der Waals surface area contributed by atoms with Crippen LogP contribution in [-0.4, -0.2) is 82.0 Å². The number of amides is 3. The van der Waals surface area contributed by atoms with Crippen LogP contribution >= 0.6 is 0 Å². The first-order valence-electron chi connectivity index (χ1n) is 13.1. The SMILES string of the molecule is C[C@H](c1cccc(C(F)(F)F)c1)N1C(=O)[C@H]2CC1CN2C[C@H](NC(=O)OC(C)(C)C)C(=O)N1CCC[C@H]1C#N. The second-order valence-corrected chi connectivity index (χ2v) is 11.4. The Morgan fingerprint density at radius 3 is 2.59 bits per heavy atom. The largest absolute Gasteiger partial charge is 0.444 e. The maximum Gasteiger partial charge on any atom is 0.416 e. The quantitative estimate of drug-likeness (QED) is 0.583. The van der Waals surface area contributed by atoms with Gasteiger partial charge in [0.15, 0.2) is 0 Å². The van der Waals surface area contributed by atoms with Crippen molar-refractivity contribution in [2.75, 3.05) is 19.6 Å². The van der Waals surface area contributed by atoms with E-state index in [1.165, 1.54) is 11.0 Å². The molecule has 0 saturated carbocycles. The number of nitrogens with one attached hydrogen (secondary N) is 1. The number of likely N-dealkylation sites (tertiary alicyclic amines) is 3. The van der Waals surface area contributed by atoms with Gasteiger partial charge in [0.2, 0.25) is 11.8 Å². The van der Waals surface area contributed by atoms with Crippen molar-refractivity contribution in [1.82, 2.24) is 20.0 Å². The van der Waals surface area contributed by atoms with Gasteiger partial charge < -0.3 is 19.9 Å². The van der Waals surface area contributed by atoms with E-state index in [-0.39, 0.29) is 18.5 Å². The molecule has 0 radical (unpaired) electrons. The number of hydrogen-bond acceptors (Lipinski definition) is 6. The smallest absolute Gasteiger partial charge is 0.416 e. The van der Waals surface area contributed by atoms with Crippen LogP contribution in [0, 0.1) is 11.3 Å². The average Bonchev–Trinajstić information content (AvgIpc) is 3.55. The minimum Gasteiger partial charge on any atom is -0.444 e. The molecule has 0 aliphatic carbocycles. The predicted octanol–water partition coefficient (Wildman–Crippen LogP) is 3.46. The highest BCUT2D eigenvalue weighted by molar-refractivity contribution is 5.88. The molecule has 1 aromatic rings. The number of nitriles is 1. The Kier molecular flexibility index (Phi) is 7.85. The predicted molar refractivity (Wildman–Crippen MR) is 134 cm³/mol. The number of fused-ring (bicyclic) bond motifs is 2. The molecule has 9 nitrogen and oxygen atoms in total. The van der Waals surface area contributed by atoms with Crippen molar-refractivity contribution in [3.63, 3.8) is 0 Å². The van der Waals surface area contributed by atoms with Crippen LogP contribution in [-0.2, 0) is 20.5 Å². The molecule has 12 heteroatoms. The van der Waals surface area contributed by atoms with Gasteiger partial charge in [0, 0.05) is 25.7 Å². The maximum atomic E-state index is 13.5. The van der Waals surface area contributed by atoms with Crippen molar-refractivity contribution < 1.29 is 32.3 Å². The highest BCUT2D eigenvalue weighted by Crippen LogP contribution is 2.39. The third-order valence-corrected chi connectivity index (χ3v) is 7.52. The average molecular weight is 550 g/mol. The van der Waals surface area contributed by atoms with Crippen LogP contribution in [0.2, 0.25) is 0 Å². The van der Waals surface area contributed by atoms with Gasteiger partial charge in [-0.05, 0) is 64.7 Å². The van der Waals surface area contributed by atoms with E-state index >= 15 is 0 Å². The van der Waals surface area contributed by atoms with Gasteiger partial charge in [-0.1, -0.05) is 12.1 Å². The molecular formula is C27H34F3N5O4. The molecule has 2 bridgehead atoms. The number of nitrogens with zero attached hydrogens (tertiary/aromatic N) is 4. The molecule has 3 saturated heterocycles. The summed E-state index contributed by atoms with van der Waals surface area (Å²) in [5, 5.41) is 12.1. The summed E-state index contributed by atoms with van der Waals surface area (Å²) in [6.07, 6.45) is -3.55. The van der Waals surface area contributed by atoms with Crippen molar-refractivity contribution in [1.29, 1.82) is 5.26 Å². The standard InChI is InChI=1S/C27H34F3N5O4/c1-16(17-7-5-8-18(11-17)27(28,29)30)35-20-12-22(24(35)37)33(14-20)15-21(32-25(38)39-26(2,3)4)23(36)34-10-6-9-19(34)13-31/h5,7-8,11,16,19-22H,6,9-10,12,14-15H2,1-4H3,(H,32,38)/t16-,19+,20?,21+,22-/m1/s1. The highest BCUT2D eigenvalue weighted by Gasteiger charge is 2.52. The number of alkyl carbamates (subject to hydrolysis) is 1. The molecule has 39 heavy (non-hydrogen) atoms. The maximum absolute atomic E-state index is 13.5. The van der Waals surface area contributed by atoms with Crippen molar-refractivity contribution >= 4 is 17.9 Å². The van der Waals surface area contributed by atoms with Crippen molar-refractivity contribution in [2.24, 2.45) is 0 Å². The minimum absolute atomic E-state index is 0.0470. The number of hydrogen-bond donors (Lipinski definition) is 1. The van der Waals surface area contributed by atoms with E-state index < -0.39 is 53.5 Å². The number of carbonyl (C=O) groups excluding carboxylic acids is 3. The molecule has 212 valence electrons. The molecule has 3 fully saturated rings. The zero-order valence-corrected chi connectivity index (χ0v) is 22.5. The van der Waals surface area contributed by atoms with E-state index in [0.717, 1.165) is 12.1 Å². The third-order valence-electron chi connectivity index (χ3n) is 7.52. The van der Waals surface area contributed by atoms with Gasteiger partial charge in [0.25, 0.3) is 0 Å². The van der Waals surface area contributed by atoms with E-state index in [0.29, 0.717) is 37.9 Å². The Balaban J connectivity index is 1.49. The number of halogens is 3. The number of alkyl halides is 3. The molecule has 5 atom stereocenters. The van der Waals surface area contributed by atoms with E-state index in [9.17, 15) is 32.8 Å². The Morgan fingerprint density at radius 2 is 1.97 bits per heavy atom. The van der Waals surface area contributed by atoms with Crippen molar-refractivity contribution in [3.8, 4) is 6.07 Å². The minimum atomic E-state index is -4.48. The fourth-order valence-corrected chi connectivity index (χ4v) is 5.77. The fourth-order valence-electron chi connectivity index (χ4n) is 5.77. The molecule has 0 aromatic heterocycles. The summed E-state index contributed by atoms with van der Waals surface area (Å²) in [4.78, 5) is 44.4. The third kappa shape index (κ3) is 6.13. The Bertz CT molecular complexity index is 1160. The monoisotopic (exact) mass is 549 g/mol. The van der Waals surface area contributed by atoms with Crippen LogP contribution in [0.3, 0.4) is 0 Å². The van der Waals surface area contributed by atoms with E-state index in [1.54, 1.807) is 38.7 Å². The van der Waals surface area contributed by atoms with Gasteiger partial charge in [-0.15, -0.1) is 0 Å². The highest BCUT2D eigenvalue weighted by atomic mass is 19.4. The van der Waals surface area contributed by atoms with Crippen molar-refractivity contribution in [2.45, 2.75) is 88.9 Å². The number of ether oxygens (including phenoxy) is 1. The fraction of sp³-hybridized carbons (Fsp3) is 0.630. The molecule has 3 amide bonds. The van der Waals surface area contributed by atoms with Gasteiger partial charge in [-0.3, -0.25) is 14.5 Å². The summed E-state index contributed by atoms with van der Waals surface area (Å²) in [5.41, 5.74) is -1.16. The lowest BCUT2D eigenvalue weighted by molar-refractivity contribution is -0.141. The van der Waals surface area contributed by atoms with Crippen LogP contribution in [0.4, 0.5) is 18.0 Å². The summed E-state index contributed by atoms with van der Waals surface area (Å²) >= 11 is 0. The molecule has 1 N–H and O–H groups in total. The zero-order chi connectivity index (χ0) is 28.7. The summed E-state index contributed by atoms with van der Waals surface area (Å²) in [6.45, 7) is 7.67. The van der Waals surface area contributed by atoms with Gasteiger partial charge in [0.05, 0.1) is 23.7 Å². The van der Waals surface area contributed by atoms with Gasteiger partial charge in [-0.2, -0.15) is 18.4 Å². The molecule has 3 aliphatic heterocycles. The van der Waals surface area contributed by atoms with Crippen LogP contribution in [0.15, 0.2) is 24.3 Å². The second-order valence-electron chi connectivity index (χ2n) is 11.4. The number of carbonyl (C=O) groups is 3. The molecular weight excluding hydrogens is 515 g/mol. The van der Waals surface area contributed by atoms with Crippen LogP contribution < -0.4 is 5.32 Å². The van der Waals surface area contributed by atoms with E-state index in [4.69, 9.17) is 4.74 Å². The molecule has 0 spiro atoms. The molecule has 4 rings (SSSR count). The van der Waals surface area contributed by atoms with Crippen molar-refractivity contribution in [3.05, 3.63) is 35.4 Å². The van der Waals surface area contributed by atoms with E-state index in [1.807, 2.05) is 4.90 Å². The summed E-state index contributed by atoms with van der Waals surface area (Å²) in [6, 6.07) is 4.14. The first-order valence-corrected chi connectivity index (χ1v) is 13.1. The van der Waals surface area contributed by atoms with E-state index in [2.05, 4.69) is 11.4 Å². The first kappa shape index (κ1) is 28.7. The summed E-state index contributed by atoms with van der Waals surface area (Å²) in [5.74, 6) is -0.634. The lowest BCUT2D eigenvalue weighted by atomic mass is 10.0. The van der Waals surface area contributed by atoms with Gasteiger partial charge in [-0.25, -0.2) is 4.79 Å².